The van der Waals surface area contributed by atoms with Gasteiger partial charge in [0.05, 0.1) is 0 Å². The zero-order valence-corrected chi connectivity index (χ0v) is 14.4. The SMILES string of the molecule is CCCNc1nc(C(C)C)nc(NC(C)(C)C2CC2)c1C. The number of hydrogen-bond acceptors (Lipinski definition) is 4. The molecule has 1 aliphatic rings. The highest BCUT2D eigenvalue weighted by atomic mass is 15.1. The molecule has 0 aliphatic heterocycles. The molecular weight excluding hydrogens is 260 g/mol. The van der Waals surface area contributed by atoms with Crippen LogP contribution in [-0.2, 0) is 0 Å². The van der Waals surface area contributed by atoms with Gasteiger partial charge in [-0.15, -0.1) is 0 Å². The minimum atomic E-state index is 0.107. The first-order valence-electron chi connectivity index (χ1n) is 8.25. The molecule has 1 aromatic heterocycles. The van der Waals surface area contributed by atoms with Crippen LogP contribution in [0.2, 0.25) is 0 Å². The van der Waals surface area contributed by atoms with Crippen LogP contribution in [0.3, 0.4) is 0 Å². The van der Waals surface area contributed by atoms with Crippen LogP contribution >= 0.6 is 0 Å². The zero-order chi connectivity index (χ0) is 15.6. The van der Waals surface area contributed by atoms with Crippen molar-refractivity contribution in [2.24, 2.45) is 5.92 Å². The number of nitrogens with zero attached hydrogens (tertiary/aromatic N) is 2. The van der Waals surface area contributed by atoms with Gasteiger partial charge in [0.2, 0.25) is 0 Å². The van der Waals surface area contributed by atoms with E-state index in [1.165, 1.54) is 12.8 Å². The van der Waals surface area contributed by atoms with Gasteiger partial charge in [0, 0.05) is 23.6 Å². The van der Waals surface area contributed by atoms with Gasteiger partial charge in [-0.05, 0) is 46.0 Å². The molecule has 1 aromatic rings. The van der Waals surface area contributed by atoms with Gasteiger partial charge in [0.1, 0.15) is 17.5 Å². The summed E-state index contributed by atoms with van der Waals surface area (Å²) < 4.78 is 0. The van der Waals surface area contributed by atoms with E-state index in [9.17, 15) is 0 Å². The molecule has 0 spiro atoms. The van der Waals surface area contributed by atoms with Crippen LogP contribution in [0.5, 0.6) is 0 Å². The Kier molecular flexibility index (Phi) is 4.74. The second-order valence-electron chi connectivity index (χ2n) is 7.11. The average Bonchev–Trinajstić information content (AvgIpc) is 3.23. The van der Waals surface area contributed by atoms with Gasteiger partial charge in [-0.2, -0.15) is 0 Å². The maximum absolute atomic E-state index is 4.77. The third-order valence-corrected chi connectivity index (χ3v) is 4.26. The predicted molar refractivity (Wildman–Crippen MR) is 90.1 cm³/mol. The van der Waals surface area contributed by atoms with E-state index in [2.05, 4.69) is 52.2 Å². The molecule has 2 rings (SSSR count). The molecule has 4 nitrogen and oxygen atoms in total. The summed E-state index contributed by atoms with van der Waals surface area (Å²) in [7, 11) is 0. The molecule has 0 amide bonds. The fourth-order valence-electron chi connectivity index (χ4n) is 2.54. The third-order valence-electron chi connectivity index (χ3n) is 4.26. The third kappa shape index (κ3) is 3.86. The van der Waals surface area contributed by atoms with Gasteiger partial charge in [0.15, 0.2) is 0 Å². The van der Waals surface area contributed by atoms with Gasteiger partial charge in [-0.25, -0.2) is 9.97 Å². The predicted octanol–water partition coefficient (Wildman–Crippen LogP) is 4.33. The van der Waals surface area contributed by atoms with Gasteiger partial charge in [-0.1, -0.05) is 20.8 Å². The first-order valence-corrected chi connectivity index (χ1v) is 8.25. The Labute approximate surface area is 129 Å². The Morgan fingerprint density at radius 3 is 2.33 bits per heavy atom. The molecule has 0 aromatic carbocycles. The molecule has 1 heterocycles. The van der Waals surface area contributed by atoms with Crippen molar-refractivity contribution in [3.05, 3.63) is 11.4 Å². The molecular formula is C17H30N4. The van der Waals surface area contributed by atoms with E-state index in [1.807, 2.05) is 0 Å². The van der Waals surface area contributed by atoms with E-state index in [0.717, 1.165) is 41.9 Å². The highest BCUT2D eigenvalue weighted by Crippen LogP contribution is 2.41. The highest BCUT2D eigenvalue weighted by Gasteiger charge is 2.38. The second kappa shape index (κ2) is 6.20. The smallest absolute Gasteiger partial charge is 0.135 e. The number of rotatable bonds is 7. The molecule has 2 N–H and O–H groups in total. The van der Waals surface area contributed by atoms with Crippen molar-refractivity contribution in [1.29, 1.82) is 0 Å². The number of nitrogens with one attached hydrogen (secondary N) is 2. The van der Waals surface area contributed by atoms with Gasteiger partial charge < -0.3 is 10.6 Å². The van der Waals surface area contributed by atoms with E-state index < -0.39 is 0 Å². The molecule has 0 bridgehead atoms. The summed E-state index contributed by atoms with van der Waals surface area (Å²) in [6, 6.07) is 0. The minimum absolute atomic E-state index is 0.107. The lowest BCUT2D eigenvalue weighted by Crippen LogP contribution is -2.34. The van der Waals surface area contributed by atoms with Crippen LogP contribution < -0.4 is 10.6 Å². The summed E-state index contributed by atoms with van der Waals surface area (Å²) >= 11 is 0. The van der Waals surface area contributed by atoms with Crippen molar-refractivity contribution in [3.63, 3.8) is 0 Å². The molecule has 0 unspecified atom stereocenters. The summed E-state index contributed by atoms with van der Waals surface area (Å²) in [6.45, 7) is 14.1. The van der Waals surface area contributed by atoms with Crippen LogP contribution in [-0.4, -0.2) is 22.1 Å². The average molecular weight is 290 g/mol. The lowest BCUT2D eigenvalue weighted by Gasteiger charge is -2.28. The Balaban J connectivity index is 2.31. The monoisotopic (exact) mass is 290 g/mol. The van der Waals surface area contributed by atoms with Crippen LogP contribution in [0.25, 0.3) is 0 Å². The quantitative estimate of drug-likeness (QED) is 0.784. The van der Waals surface area contributed by atoms with Crippen molar-refractivity contribution in [3.8, 4) is 0 Å². The van der Waals surface area contributed by atoms with Crippen molar-refractivity contribution in [2.75, 3.05) is 17.2 Å². The molecule has 0 atom stereocenters. The van der Waals surface area contributed by atoms with E-state index in [-0.39, 0.29) is 5.54 Å². The van der Waals surface area contributed by atoms with Crippen molar-refractivity contribution in [1.82, 2.24) is 9.97 Å². The lowest BCUT2D eigenvalue weighted by molar-refractivity contribution is 0.491. The summed E-state index contributed by atoms with van der Waals surface area (Å²) in [5, 5.41) is 7.11. The first-order chi connectivity index (χ1) is 9.85. The highest BCUT2D eigenvalue weighted by molar-refractivity contribution is 5.58. The van der Waals surface area contributed by atoms with Gasteiger partial charge >= 0.3 is 0 Å². The molecule has 4 heteroatoms. The summed E-state index contributed by atoms with van der Waals surface area (Å²) in [6.07, 6.45) is 3.74. The summed E-state index contributed by atoms with van der Waals surface area (Å²) in [4.78, 5) is 9.47. The normalized spacial score (nSPS) is 15.4. The second-order valence-corrected chi connectivity index (χ2v) is 7.11. The molecule has 1 fully saturated rings. The van der Waals surface area contributed by atoms with Crippen molar-refractivity contribution in [2.45, 2.75) is 72.3 Å². The van der Waals surface area contributed by atoms with Gasteiger partial charge in [-0.3, -0.25) is 0 Å². The van der Waals surface area contributed by atoms with E-state index in [1.54, 1.807) is 0 Å². The van der Waals surface area contributed by atoms with Crippen LogP contribution in [0.15, 0.2) is 0 Å². The lowest BCUT2D eigenvalue weighted by atomic mass is 9.98. The fraction of sp³-hybridized carbons (Fsp3) is 0.765. The molecule has 0 saturated heterocycles. The maximum atomic E-state index is 4.77. The van der Waals surface area contributed by atoms with Crippen molar-refractivity contribution >= 4 is 11.6 Å². The Morgan fingerprint density at radius 2 is 1.81 bits per heavy atom. The van der Waals surface area contributed by atoms with E-state index in [4.69, 9.17) is 9.97 Å². The van der Waals surface area contributed by atoms with Crippen LogP contribution in [0, 0.1) is 12.8 Å². The minimum Gasteiger partial charge on any atom is -0.370 e. The molecule has 118 valence electrons. The Morgan fingerprint density at radius 1 is 1.19 bits per heavy atom. The summed E-state index contributed by atoms with van der Waals surface area (Å²) in [5.74, 6) is 3.97. The maximum Gasteiger partial charge on any atom is 0.135 e. The molecule has 0 radical (unpaired) electrons. The molecule has 1 aliphatic carbocycles. The van der Waals surface area contributed by atoms with Crippen molar-refractivity contribution < 1.29 is 0 Å². The number of aromatic nitrogens is 2. The van der Waals surface area contributed by atoms with Gasteiger partial charge in [0.25, 0.3) is 0 Å². The largest absolute Gasteiger partial charge is 0.370 e. The van der Waals surface area contributed by atoms with Crippen LogP contribution in [0.1, 0.15) is 71.2 Å². The number of anilines is 2. The standard InChI is InChI=1S/C17H30N4/c1-7-10-18-15-12(4)16(20-14(19-15)11(2)3)21-17(5,6)13-8-9-13/h11,13H,7-10H2,1-6H3,(H2,18,19,20,21). The Hall–Kier alpha value is -1.32. The Bertz CT molecular complexity index is 490. The topological polar surface area (TPSA) is 49.8 Å². The summed E-state index contributed by atoms with van der Waals surface area (Å²) in [5.41, 5.74) is 1.23. The fourth-order valence-corrected chi connectivity index (χ4v) is 2.54. The number of hydrogen-bond donors (Lipinski definition) is 2. The van der Waals surface area contributed by atoms with Crippen LogP contribution in [0.4, 0.5) is 11.6 Å². The zero-order valence-electron chi connectivity index (χ0n) is 14.4. The van der Waals surface area contributed by atoms with E-state index >= 15 is 0 Å². The molecule has 1 saturated carbocycles. The van der Waals surface area contributed by atoms with E-state index in [0.29, 0.717) is 5.92 Å². The molecule has 21 heavy (non-hydrogen) atoms. The first kappa shape index (κ1) is 16.1.